The van der Waals surface area contributed by atoms with Crippen molar-refractivity contribution in [2.24, 2.45) is 0 Å². The van der Waals surface area contributed by atoms with Crippen LogP contribution in [-0.2, 0) is 9.84 Å². The van der Waals surface area contributed by atoms with Gasteiger partial charge in [0.1, 0.15) is 5.75 Å². The number of hydrogen-bond donors (Lipinski definition) is 0. The van der Waals surface area contributed by atoms with Crippen LogP contribution in [0.3, 0.4) is 0 Å². The summed E-state index contributed by atoms with van der Waals surface area (Å²) in [5, 5.41) is 0. The highest BCUT2D eigenvalue weighted by Crippen LogP contribution is 2.17. The zero-order valence-electron chi connectivity index (χ0n) is 11.1. The number of carbonyl (C=O) groups is 1. The van der Waals surface area contributed by atoms with Gasteiger partial charge in [-0.2, -0.15) is 0 Å². The summed E-state index contributed by atoms with van der Waals surface area (Å²) in [4.78, 5) is 11.6. The molecule has 0 saturated carbocycles. The Labute approximate surface area is 121 Å². The van der Waals surface area contributed by atoms with Crippen molar-refractivity contribution in [1.29, 1.82) is 0 Å². The van der Waals surface area contributed by atoms with Crippen LogP contribution in [0, 0.1) is 18.6 Å². The Bertz CT molecular complexity index is 798. The van der Waals surface area contributed by atoms with Gasteiger partial charge in [0.25, 0.3) is 0 Å². The van der Waals surface area contributed by atoms with Gasteiger partial charge in [-0.05, 0) is 31.2 Å². The molecule has 0 fully saturated rings. The van der Waals surface area contributed by atoms with Crippen LogP contribution < -0.4 is 0 Å². The van der Waals surface area contributed by atoms with Gasteiger partial charge in [-0.15, -0.1) is 0 Å². The Morgan fingerprint density at radius 1 is 1.05 bits per heavy atom. The summed E-state index contributed by atoms with van der Waals surface area (Å²) in [6.07, 6.45) is 0. The first-order valence-electron chi connectivity index (χ1n) is 6.07. The van der Waals surface area contributed by atoms with Crippen LogP contribution in [0.5, 0.6) is 0 Å². The van der Waals surface area contributed by atoms with Crippen molar-refractivity contribution in [2.45, 2.75) is 11.8 Å². The van der Waals surface area contributed by atoms with Crippen LogP contribution >= 0.6 is 0 Å². The van der Waals surface area contributed by atoms with E-state index in [9.17, 15) is 22.0 Å². The van der Waals surface area contributed by atoms with Gasteiger partial charge in [0, 0.05) is 5.56 Å². The van der Waals surface area contributed by atoms with Gasteiger partial charge in [0.15, 0.2) is 27.3 Å². The molecule has 0 saturated heterocycles. The van der Waals surface area contributed by atoms with E-state index in [-0.39, 0.29) is 5.56 Å². The fourth-order valence-electron chi connectivity index (χ4n) is 1.83. The van der Waals surface area contributed by atoms with E-state index in [0.717, 1.165) is 17.7 Å². The lowest BCUT2D eigenvalue weighted by atomic mass is 10.1. The average molecular weight is 310 g/mol. The molecule has 0 aliphatic carbocycles. The molecular formula is C15H12F2O3S. The molecule has 0 N–H and O–H groups in total. The molecule has 110 valence electrons. The molecule has 0 atom stereocenters. The maximum Gasteiger partial charge on any atom is 0.185 e. The van der Waals surface area contributed by atoms with Crippen LogP contribution in [0.25, 0.3) is 0 Å². The molecule has 0 radical (unpaired) electrons. The molecule has 21 heavy (non-hydrogen) atoms. The largest absolute Gasteiger partial charge is 0.293 e. The third-order valence-electron chi connectivity index (χ3n) is 2.91. The average Bonchev–Trinajstić information content (AvgIpc) is 2.41. The number of carbonyl (C=O) groups excluding carboxylic acids is 1. The Balaban J connectivity index is 2.29. The molecule has 0 aromatic heterocycles. The highest BCUT2D eigenvalue weighted by Gasteiger charge is 2.21. The summed E-state index contributed by atoms with van der Waals surface area (Å²) in [5.41, 5.74) is 1.09. The Morgan fingerprint density at radius 2 is 1.76 bits per heavy atom. The van der Waals surface area contributed by atoms with Crippen molar-refractivity contribution in [3.8, 4) is 0 Å². The first-order chi connectivity index (χ1) is 9.79. The van der Waals surface area contributed by atoms with Gasteiger partial charge < -0.3 is 0 Å². The third kappa shape index (κ3) is 3.52. The van der Waals surface area contributed by atoms with Crippen molar-refractivity contribution >= 4 is 15.6 Å². The van der Waals surface area contributed by atoms with Crippen LogP contribution in [0.15, 0.2) is 47.4 Å². The number of benzene rings is 2. The summed E-state index contributed by atoms with van der Waals surface area (Å²) in [5.74, 6) is -3.79. The van der Waals surface area contributed by atoms with E-state index >= 15 is 0 Å². The number of sulfone groups is 1. The summed E-state index contributed by atoms with van der Waals surface area (Å²) in [6.45, 7) is 1.78. The van der Waals surface area contributed by atoms with Gasteiger partial charge in [-0.1, -0.05) is 23.8 Å². The number of Topliss-reactive ketones (excluding diaryl/α,β-unsaturated/α-hetero) is 1. The number of rotatable bonds is 4. The minimum Gasteiger partial charge on any atom is -0.293 e. The van der Waals surface area contributed by atoms with Gasteiger partial charge in [0.2, 0.25) is 0 Å². The maximum absolute atomic E-state index is 13.1. The summed E-state index contributed by atoms with van der Waals surface area (Å²) < 4.78 is 50.0. The molecule has 0 amide bonds. The van der Waals surface area contributed by atoms with Crippen LogP contribution in [-0.4, -0.2) is 20.0 Å². The highest BCUT2D eigenvalue weighted by atomic mass is 32.2. The van der Waals surface area contributed by atoms with Gasteiger partial charge >= 0.3 is 0 Å². The van der Waals surface area contributed by atoms with Crippen molar-refractivity contribution in [3.05, 3.63) is 65.2 Å². The molecule has 0 aliphatic rings. The number of aryl methyl sites for hydroxylation is 1. The molecule has 0 aliphatic heterocycles. The number of hydrogen-bond acceptors (Lipinski definition) is 3. The number of halogens is 2. The second-order valence-electron chi connectivity index (χ2n) is 4.63. The first kappa shape index (κ1) is 15.3. The number of ketones is 1. The lowest BCUT2D eigenvalue weighted by Gasteiger charge is -2.05. The predicted octanol–water partition coefficient (Wildman–Crippen LogP) is 2.93. The topological polar surface area (TPSA) is 51.2 Å². The fourth-order valence-corrected chi connectivity index (χ4v) is 3.06. The SMILES string of the molecule is Cc1cccc(C(=O)CS(=O)(=O)c2ccc(F)c(F)c2)c1. The van der Waals surface area contributed by atoms with E-state index in [0.29, 0.717) is 6.07 Å². The Morgan fingerprint density at radius 3 is 2.38 bits per heavy atom. The van der Waals surface area contributed by atoms with Crippen molar-refractivity contribution < 1.29 is 22.0 Å². The van der Waals surface area contributed by atoms with Crippen LogP contribution in [0.4, 0.5) is 8.78 Å². The van der Waals surface area contributed by atoms with Crippen molar-refractivity contribution in [1.82, 2.24) is 0 Å². The quantitative estimate of drug-likeness (QED) is 0.644. The molecule has 0 bridgehead atoms. The van der Waals surface area contributed by atoms with E-state index < -0.39 is 37.9 Å². The maximum atomic E-state index is 13.1. The van der Waals surface area contributed by atoms with Crippen molar-refractivity contribution in [3.63, 3.8) is 0 Å². The second kappa shape index (κ2) is 5.73. The van der Waals surface area contributed by atoms with E-state index in [1.165, 1.54) is 6.07 Å². The van der Waals surface area contributed by atoms with E-state index in [4.69, 9.17) is 0 Å². The fraction of sp³-hybridized carbons (Fsp3) is 0.133. The summed E-state index contributed by atoms with van der Waals surface area (Å²) in [6, 6.07) is 8.75. The zero-order chi connectivity index (χ0) is 15.6. The second-order valence-corrected chi connectivity index (χ2v) is 6.62. The molecule has 6 heteroatoms. The first-order valence-corrected chi connectivity index (χ1v) is 7.72. The monoisotopic (exact) mass is 310 g/mol. The molecule has 0 unspecified atom stereocenters. The third-order valence-corrected chi connectivity index (χ3v) is 4.53. The van der Waals surface area contributed by atoms with E-state index in [2.05, 4.69) is 0 Å². The normalized spacial score (nSPS) is 11.4. The minimum absolute atomic E-state index is 0.265. The summed E-state index contributed by atoms with van der Waals surface area (Å²) in [7, 11) is -4.02. The van der Waals surface area contributed by atoms with Crippen LogP contribution in [0.1, 0.15) is 15.9 Å². The van der Waals surface area contributed by atoms with Gasteiger partial charge in [0.05, 0.1) is 4.90 Å². The lowest BCUT2D eigenvalue weighted by Crippen LogP contribution is -2.16. The molecule has 0 heterocycles. The standard InChI is InChI=1S/C15H12F2O3S/c1-10-3-2-4-11(7-10)15(18)9-21(19,20)12-5-6-13(16)14(17)8-12/h2-8H,9H2,1H3. The minimum atomic E-state index is -4.02. The van der Waals surface area contributed by atoms with E-state index in [1.54, 1.807) is 25.1 Å². The molecule has 2 aromatic carbocycles. The van der Waals surface area contributed by atoms with Gasteiger partial charge in [-0.25, -0.2) is 17.2 Å². The van der Waals surface area contributed by atoms with Gasteiger partial charge in [-0.3, -0.25) is 4.79 Å². The van der Waals surface area contributed by atoms with Crippen molar-refractivity contribution in [2.75, 3.05) is 5.75 Å². The molecule has 3 nitrogen and oxygen atoms in total. The smallest absolute Gasteiger partial charge is 0.185 e. The van der Waals surface area contributed by atoms with E-state index in [1.807, 2.05) is 0 Å². The highest BCUT2D eigenvalue weighted by molar-refractivity contribution is 7.92. The predicted molar refractivity (Wildman–Crippen MR) is 73.9 cm³/mol. The lowest BCUT2D eigenvalue weighted by molar-refractivity contribution is 0.102. The Hall–Kier alpha value is -2.08. The molecule has 0 spiro atoms. The van der Waals surface area contributed by atoms with Crippen LogP contribution in [0.2, 0.25) is 0 Å². The summed E-state index contributed by atoms with van der Waals surface area (Å²) >= 11 is 0. The molecule has 2 rings (SSSR count). The molecule has 2 aromatic rings. The Kier molecular flexibility index (Phi) is 4.18. The zero-order valence-corrected chi connectivity index (χ0v) is 12.0. The molecular weight excluding hydrogens is 298 g/mol.